The van der Waals surface area contributed by atoms with Crippen LogP contribution in [0.3, 0.4) is 0 Å². The number of aliphatic imine (C=N–C) groups is 2. The van der Waals surface area contributed by atoms with E-state index in [1.807, 2.05) is 0 Å². The van der Waals surface area contributed by atoms with Crippen LogP contribution in [0.1, 0.15) is 10.4 Å². The Morgan fingerprint density at radius 2 is 1.33 bits per heavy atom. The van der Waals surface area contributed by atoms with Gasteiger partial charge in [0, 0.05) is 11.6 Å². The number of carboxylic acid groups (broad SMARTS) is 1. The van der Waals surface area contributed by atoms with Crippen LogP contribution in [0.25, 0.3) is 5.43 Å². The molecule has 0 saturated heterocycles. The summed E-state index contributed by atoms with van der Waals surface area (Å²) in [6.07, 6.45) is 11.6. The average Bonchev–Trinajstić information content (AvgIpc) is 3.13. The Kier molecular flexibility index (Phi) is 16.9. The fraction of sp³-hybridized carbons (Fsp3) is 0. The Hall–Kier alpha value is -4.12. The Labute approximate surface area is 405 Å². The van der Waals surface area contributed by atoms with Gasteiger partial charge in [-0.2, -0.15) is 27.5 Å². The number of hydrogen-bond acceptors (Lipinski definition) is 14. The van der Waals surface area contributed by atoms with Crippen LogP contribution in [0.2, 0.25) is 0 Å². The zero-order valence-corrected chi connectivity index (χ0v) is 38.7. The van der Waals surface area contributed by atoms with Gasteiger partial charge in [-0.1, -0.05) is 41.9 Å². The first-order chi connectivity index (χ1) is 26.8. The molecule has 2 amide bonds. The predicted molar refractivity (Wildman–Crippen MR) is 196 cm³/mol. The van der Waals surface area contributed by atoms with Gasteiger partial charge >= 0.3 is 111 Å². The fourth-order valence-corrected chi connectivity index (χ4v) is 6.60. The first-order valence-corrected chi connectivity index (χ1v) is 18.4. The first-order valence-electron chi connectivity index (χ1n) is 15.5. The van der Waals surface area contributed by atoms with E-state index in [0.29, 0.717) is 0 Å². The van der Waals surface area contributed by atoms with Crippen LogP contribution in [-0.4, -0.2) is 89.2 Å². The van der Waals surface area contributed by atoms with Crippen molar-refractivity contribution in [2.24, 2.45) is 25.3 Å². The molecule has 0 aliphatic heterocycles. The van der Waals surface area contributed by atoms with Crippen molar-refractivity contribution in [2.75, 3.05) is 0 Å². The van der Waals surface area contributed by atoms with Gasteiger partial charge in [-0.05, 0) is 81.2 Å². The molecule has 0 atom stereocenters. The number of hydroxylamine groups is 2. The fourth-order valence-electron chi connectivity index (χ4n) is 5.28. The molecule has 0 unspecified atom stereocenters. The van der Waals surface area contributed by atoms with Crippen LogP contribution in [0.5, 0.6) is 0 Å². The molecule has 5 aliphatic carbocycles. The second-order valence-corrected chi connectivity index (χ2v) is 14.4. The first kappa shape index (κ1) is 50.2. The molecule has 5 aliphatic rings. The maximum absolute atomic E-state index is 13.3. The summed E-state index contributed by atoms with van der Waals surface area (Å²) < 4.78 is 66.8. The van der Waals surface area contributed by atoms with Crippen molar-refractivity contribution in [3.63, 3.8) is 0 Å². The number of benzene rings is 1. The Balaban J connectivity index is 0.00000320. The summed E-state index contributed by atoms with van der Waals surface area (Å²) in [5.41, 5.74) is -0.0590. The van der Waals surface area contributed by atoms with Crippen molar-refractivity contribution in [1.29, 1.82) is 0 Å². The van der Waals surface area contributed by atoms with E-state index < -0.39 is 76.9 Å². The largest absolute Gasteiger partial charge is 1.00 e. The Bertz CT molecular complexity index is 2750. The number of carbonyl (C=O) groups is 3. The molecule has 0 spiro atoms. The van der Waals surface area contributed by atoms with Gasteiger partial charge in [0.2, 0.25) is 5.78 Å². The number of allylic oxidation sites excluding steroid dienone is 17. The number of carboxylic acids is 1. The molecule has 60 heavy (non-hydrogen) atoms. The number of rotatable bonds is 7. The molecular weight excluding hydrogens is 864 g/mol. The minimum absolute atomic E-state index is 0. The Morgan fingerprint density at radius 3 is 1.88 bits per heavy atom. The van der Waals surface area contributed by atoms with Crippen LogP contribution in [0.15, 0.2) is 166 Å². The van der Waals surface area contributed by atoms with E-state index in [1.54, 1.807) is 0 Å². The average molecular weight is 885 g/mol. The maximum atomic E-state index is 13.3. The summed E-state index contributed by atoms with van der Waals surface area (Å²) >= 11 is 0. The third kappa shape index (κ3) is 11.2. The summed E-state index contributed by atoms with van der Waals surface area (Å²) in [6.45, 7) is 0. The van der Waals surface area contributed by atoms with E-state index >= 15 is 0 Å². The van der Waals surface area contributed by atoms with E-state index in [1.165, 1.54) is 42.5 Å². The number of carbonyl (C=O) groups excluding carboxylic acids is 2. The standard InChI is InChI=1S/C34H23N7O14S2.3Na/c42-26-10-7-20(41(48)49)15-25(26)38-40-30-28(57(53,54)55)14-17-12-19(6-9-22(17)32(30)44)36-34(47)35-18-5-8-21-16(11-18)13-27(56(50,51)52)29(31(21)43)39-37-24-4-2-1-3-23(24)33(45)46;;;/h1-15,48-49H,(H6-,35,36,37,43,44,45,46,47,50,51,52,53,54,55);;;/q;3*+1/p-2. The molecule has 6 N–H and O–H groups in total. The van der Waals surface area contributed by atoms with Crippen molar-refractivity contribution in [3.8, 4) is 0 Å². The van der Waals surface area contributed by atoms with Crippen LogP contribution in [0.4, 0.5) is 10.5 Å². The number of urea groups is 1. The van der Waals surface area contributed by atoms with Crippen molar-refractivity contribution >= 4 is 72.6 Å². The zero-order chi connectivity index (χ0) is 41.4. The predicted octanol–water partition coefficient (Wildman–Crippen LogP) is -6.99. The van der Waals surface area contributed by atoms with E-state index in [-0.39, 0.29) is 145 Å². The number of amides is 2. The summed E-state index contributed by atoms with van der Waals surface area (Å²) in [4.78, 5) is 42.3. The van der Waals surface area contributed by atoms with Gasteiger partial charge < -0.3 is 25.8 Å². The van der Waals surface area contributed by atoms with Crippen LogP contribution < -0.4 is 98.9 Å². The van der Waals surface area contributed by atoms with E-state index in [2.05, 4.69) is 30.7 Å². The molecule has 0 saturated carbocycles. The number of fused-ring (bicyclic) bond motifs is 2. The summed E-state index contributed by atoms with van der Waals surface area (Å²) in [5.74, 6) is -4.20. The quantitative estimate of drug-likeness (QED) is 0.0487. The van der Waals surface area contributed by atoms with Crippen molar-refractivity contribution in [2.45, 2.75) is 0 Å². The smallest absolute Gasteiger partial charge is 0.871 e. The number of aromatic carboxylic acids is 1. The topological polar surface area (TPSA) is 349 Å². The molecule has 0 aromatic heterocycles. The van der Waals surface area contributed by atoms with Crippen molar-refractivity contribution < 1.29 is 155 Å². The van der Waals surface area contributed by atoms with E-state index in [0.717, 1.165) is 48.6 Å². The van der Waals surface area contributed by atoms with Crippen LogP contribution in [-0.2, 0) is 29.6 Å². The second-order valence-electron chi connectivity index (χ2n) is 11.6. The molecule has 1 aromatic rings. The van der Waals surface area contributed by atoms with Gasteiger partial charge in [0.05, 0.1) is 22.8 Å². The number of ketones is 1. The molecular formula is C34H21N7Na3O14S2+. The molecule has 0 fully saturated rings. The Morgan fingerprint density at radius 1 is 0.767 bits per heavy atom. The van der Waals surface area contributed by atoms with Crippen molar-refractivity contribution in [3.05, 3.63) is 151 Å². The second kappa shape index (κ2) is 20.2. The monoisotopic (exact) mass is 884 g/mol. The molecule has 6 rings (SSSR count). The van der Waals surface area contributed by atoms with Gasteiger partial charge in [0.15, 0.2) is 0 Å². The van der Waals surface area contributed by atoms with Crippen LogP contribution >= 0.6 is 0 Å². The summed E-state index contributed by atoms with van der Waals surface area (Å²) in [6, 6.07) is 4.14. The third-order valence-corrected chi connectivity index (χ3v) is 9.62. The zero-order valence-electron chi connectivity index (χ0n) is 31.1. The van der Waals surface area contributed by atoms with E-state index in [9.17, 15) is 66.4 Å². The molecule has 1 aromatic carbocycles. The van der Waals surface area contributed by atoms with Gasteiger partial charge in [0.25, 0.3) is 15.0 Å². The minimum Gasteiger partial charge on any atom is -0.871 e. The van der Waals surface area contributed by atoms with Gasteiger partial charge in [-0.15, -0.1) is 21.1 Å². The molecule has 0 radical (unpaired) electrons. The van der Waals surface area contributed by atoms with Crippen molar-refractivity contribution in [1.82, 2.24) is 5.23 Å². The molecule has 21 nitrogen and oxygen atoms in total. The minimum atomic E-state index is -5.11. The summed E-state index contributed by atoms with van der Waals surface area (Å²) in [5, 5.41) is 65.0. The van der Waals surface area contributed by atoms with Gasteiger partial charge in [-0.25, -0.2) is 9.59 Å². The van der Waals surface area contributed by atoms with Crippen LogP contribution in [0, 0.1) is 0 Å². The van der Waals surface area contributed by atoms with Gasteiger partial charge in [-0.3, -0.25) is 19.8 Å². The molecule has 0 bridgehead atoms. The molecule has 26 heteroatoms. The maximum Gasteiger partial charge on any atom is 1.00 e. The molecule has 0 heterocycles. The number of nitrogens with zero attached hydrogens (tertiary/aromatic N) is 7. The van der Waals surface area contributed by atoms with Gasteiger partial charge in [0.1, 0.15) is 16.3 Å². The normalized spacial score (nSPS) is 20.6. The molecule has 290 valence electrons. The SMILES string of the molecule is O=C(N=C1C=CC2=C([O-])C(=N[N-]c3ccccc3C(=O)O)C(S(=O)(=O)O)=CC2=C1)N=C1C=CC2=C([O-])C(=NN=C3C=C(N(O)O)C=CC3=O)C([S+](=O)(O)O)=CC2=C1.[Na+].[Na+].[Na+]. The summed E-state index contributed by atoms with van der Waals surface area (Å²) in [7, 11) is -10.0. The van der Waals surface area contributed by atoms with E-state index in [4.69, 9.17) is 0 Å². The third-order valence-electron chi connectivity index (χ3n) is 7.87. The number of hydrogen-bond donors (Lipinski definition) is 6.